The number of aliphatic imine (C=N–C) groups is 2. The third-order valence-corrected chi connectivity index (χ3v) is 8.88. The van der Waals surface area contributed by atoms with Gasteiger partial charge < -0.3 is 0 Å². The Hall–Kier alpha value is -1.99. The zero-order valence-electron chi connectivity index (χ0n) is 29.6. The van der Waals surface area contributed by atoms with Crippen molar-refractivity contribution in [3.8, 4) is 0 Å². The van der Waals surface area contributed by atoms with Crippen molar-refractivity contribution < 1.29 is 16.5 Å². The fourth-order valence-electron chi connectivity index (χ4n) is 6.02. The summed E-state index contributed by atoms with van der Waals surface area (Å²) in [5, 5.41) is 0. The van der Waals surface area contributed by atoms with Crippen LogP contribution in [0.4, 0.5) is 11.4 Å². The van der Waals surface area contributed by atoms with Crippen LogP contribution in [-0.2, 0) is 16.5 Å². The van der Waals surface area contributed by atoms with Crippen LogP contribution in [0.25, 0.3) is 0 Å². The fraction of sp³-hybridized carbons (Fsp3) is 0.628. The number of para-hydroxylation sites is 2. The molecule has 0 aliphatic rings. The molecule has 46 heavy (non-hydrogen) atoms. The average molecular weight is 672 g/mol. The summed E-state index contributed by atoms with van der Waals surface area (Å²) in [5.41, 5.74) is 2.80. The van der Waals surface area contributed by atoms with E-state index in [1.54, 1.807) is 0 Å². The molecule has 2 nitrogen and oxygen atoms in total. The molecule has 0 bridgehead atoms. The smallest absolute Gasteiger partial charge is 0.0816 e. The van der Waals surface area contributed by atoms with Crippen molar-refractivity contribution in [1.29, 1.82) is 0 Å². The first-order valence-corrected chi connectivity index (χ1v) is 19.3. The summed E-state index contributed by atoms with van der Waals surface area (Å²) in [6.07, 6.45) is 43.3. The summed E-state index contributed by atoms with van der Waals surface area (Å²) in [6.45, 7) is 2.30. The zero-order valence-corrected chi connectivity index (χ0v) is 30.6. The third-order valence-electron chi connectivity index (χ3n) is 8.88. The second-order valence-electron chi connectivity index (χ2n) is 13.1. The van der Waals surface area contributed by atoms with Gasteiger partial charge in [0.15, 0.2) is 0 Å². The van der Waals surface area contributed by atoms with Crippen LogP contribution in [0.1, 0.15) is 174 Å². The van der Waals surface area contributed by atoms with Gasteiger partial charge in [0.1, 0.15) is 0 Å². The maximum absolute atomic E-state index is 4.79. The molecule has 0 aromatic heterocycles. The monoisotopic (exact) mass is 670 g/mol. The molecule has 0 N–H and O–H groups in total. The maximum Gasteiger partial charge on any atom is 0.0816 e. The van der Waals surface area contributed by atoms with E-state index in [2.05, 4.69) is 24.1 Å². The third kappa shape index (κ3) is 26.1. The standard InChI is InChI=1S/C43H68N2.Ni/c1-2-3-4-5-6-7-8-9-10-11-12-13-14-15-16-17-18-19-20-21-22-23-24-25-26-27-30-39-43(45-42-37-33-29-34-38-42)40-44-41-35-31-28-32-36-41;/h28-40H,2-27H2,1H3;/b39-30+,44-40?,45-43?;. The van der Waals surface area contributed by atoms with Gasteiger partial charge in [-0.25, -0.2) is 4.99 Å². The molecule has 2 aromatic rings. The number of allylic oxidation sites excluding steroid dienone is 2. The van der Waals surface area contributed by atoms with E-state index >= 15 is 0 Å². The van der Waals surface area contributed by atoms with Gasteiger partial charge in [0, 0.05) is 16.5 Å². The van der Waals surface area contributed by atoms with Gasteiger partial charge in [0.2, 0.25) is 0 Å². The van der Waals surface area contributed by atoms with E-state index in [4.69, 9.17) is 4.99 Å². The van der Waals surface area contributed by atoms with Crippen LogP contribution in [0.15, 0.2) is 82.8 Å². The van der Waals surface area contributed by atoms with Gasteiger partial charge in [-0.2, -0.15) is 0 Å². The Bertz CT molecular complexity index is 982. The second kappa shape index (κ2) is 32.9. The molecule has 0 fully saturated rings. The first-order valence-electron chi connectivity index (χ1n) is 19.3. The summed E-state index contributed by atoms with van der Waals surface area (Å²) >= 11 is 0. The van der Waals surface area contributed by atoms with E-state index in [1.165, 1.54) is 161 Å². The Kier molecular flexibility index (Phi) is 30.1. The Morgan fingerprint density at radius 2 is 0.804 bits per heavy atom. The molecule has 0 aliphatic heterocycles. The minimum absolute atomic E-state index is 0. The Balaban J connectivity index is 0.0000106. The summed E-state index contributed by atoms with van der Waals surface area (Å²) in [4.78, 5) is 9.40. The van der Waals surface area contributed by atoms with Crippen LogP contribution < -0.4 is 0 Å². The molecular formula is C43H68N2Ni. The molecule has 0 amide bonds. The maximum atomic E-state index is 4.79. The van der Waals surface area contributed by atoms with Crippen molar-refractivity contribution in [1.82, 2.24) is 0 Å². The van der Waals surface area contributed by atoms with Crippen LogP contribution in [0.2, 0.25) is 0 Å². The molecule has 0 unspecified atom stereocenters. The van der Waals surface area contributed by atoms with E-state index in [9.17, 15) is 0 Å². The predicted octanol–water partition coefficient (Wildman–Crippen LogP) is 14.9. The number of benzene rings is 2. The molecular weight excluding hydrogens is 603 g/mol. The molecule has 0 heterocycles. The quantitative estimate of drug-likeness (QED) is 0.0449. The fourth-order valence-corrected chi connectivity index (χ4v) is 6.02. The van der Waals surface area contributed by atoms with Crippen LogP contribution in [0, 0.1) is 0 Å². The number of nitrogens with zero attached hydrogens (tertiary/aromatic N) is 2. The summed E-state index contributed by atoms with van der Waals surface area (Å²) in [6, 6.07) is 20.2. The van der Waals surface area contributed by atoms with Gasteiger partial charge in [0.05, 0.1) is 23.3 Å². The van der Waals surface area contributed by atoms with E-state index in [1.807, 2.05) is 66.9 Å². The molecule has 0 radical (unpaired) electrons. The first kappa shape index (κ1) is 42.0. The van der Waals surface area contributed by atoms with Crippen LogP contribution in [0.3, 0.4) is 0 Å². The Morgan fingerprint density at radius 3 is 1.20 bits per heavy atom. The van der Waals surface area contributed by atoms with Crippen molar-refractivity contribution in [2.75, 3.05) is 0 Å². The zero-order chi connectivity index (χ0) is 31.7. The van der Waals surface area contributed by atoms with Gasteiger partial charge in [-0.05, 0) is 43.2 Å². The number of hydrogen-bond acceptors (Lipinski definition) is 2. The van der Waals surface area contributed by atoms with E-state index in [0.717, 1.165) is 23.5 Å². The molecule has 0 saturated carbocycles. The summed E-state index contributed by atoms with van der Waals surface area (Å²) in [7, 11) is 0. The minimum atomic E-state index is 0. The van der Waals surface area contributed by atoms with Crippen molar-refractivity contribution in [2.24, 2.45) is 9.98 Å². The predicted molar refractivity (Wildman–Crippen MR) is 203 cm³/mol. The van der Waals surface area contributed by atoms with Crippen LogP contribution in [0.5, 0.6) is 0 Å². The van der Waals surface area contributed by atoms with Gasteiger partial charge in [-0.15, -0.1) is 0 Å². The van der Waals surface area contributed by atoms with E-state index < -0.39 is 0 Å². The molecule has 0 aliphatic carbocycles. The Morgan fingerprint density at radius 1 is 0.457 bits per heavy atom. The summed E-state index contributed by atoms with van der Waals surface area (Å²) < 4.78 is 0. The topological polar surface area (TPSA) is 24.7 Å². The molecule has 2 rings (SSSR count). The minimum Gasteiger partial charge on any atom is -0.255 e. The van der Waals surface area contributed by atoms with Crippen LogP contribution in [-0.4, -0.2) is 11.9 Å². The van der Waals surface area contributed by atoms with Crippen LogP contribution >= 0.6 is 0 Å². The molecule has 0 saturated heterocycles. The molecule has 3 heteroatoms. The van der Waals surface area contributed by atoms with Gasteiger partial charge in [0.25, 0.3) is 0 Å². The molecule has 0 atom stereocenters. The Labute approximate surface area is 295 Å². The van der Waals surface area contributed by atoms with E-state index in [-0.39, 0.29) is 16.5 Å². The largest absolute Gasteiger partial charge is 0.255 e. The number of unbranched alkanes of at least 4 members (excludes halogenated alkanes) is 25. The number of hydrogen-bond donors (Lipinski definition) is 0. The van der Waals surface area contributed by atoms with Gasteiger partial charge >= 0.3 is 0 Å². The normalized spacial score (nSPS) is 11.9. The SMILES string of the molecule is CCCCCCCCCCCCCCCCCCCCCCCCCCC/C=C/C(C=Nc1ccccc1)=Nc1ccccc1.[Ni]. The van der Waals surface area contributed by atoms with Crippen molar-refractivity contribution in [2.45, 2.75) is 174 Å². The molecule has 0 spiro atoms. The second-order valence-corrected chi connectivity index (χ2v) is 13.1. The van der Waals surface area contributed by atoms with Crippen molar-refractivity contribution in [3.05, 3.63) is 72.8 Å². The number of rotatable bonds is 30. The van der Waals surface area contributed by atoms with Gasteiger partial charge in [-0.1, -0.05) is 203 Å². The van der Waals surface area contributed by atoms with E-state index in [0.29, 0.717) is 0 Å². The average Bonchev–Trinajstić information content (AvgIpc) is 3.07. The molecule has 2 aromatic carbocycles. The summed E-state index contributed by atoms with van der Waals surface area (Å²) in [5.74, 6) is 0. The van der Waals surface area contributed by atoms with Crippen molar-refractivity contribution >= 4 is 23.3 Å². The van der Waals surface area contributed by atoms with Gasteiger partial charge in [-0.3, -0.25) is 4.99 Å². The molecule has 260 valence electrons. The van der Waals surface area contributed by atoms with Crippen molar-refractivity contribution in [3.63, 3.8) is 0 Å². The first-order chi connectivity index (χ1) is 22.4.